The Labute approximate surface area is 88.5 Å². The summed E-state index contributed by atoms with van der Waals surface area (Å²) in [7, 11) is 3.18. The molecule has 82 valence electrons. The highest BCUT2D eigenvalue weighted by molar-refractivity contribution is 5.87. The maximum Gasteiger partial charge on any atom is 0.354 e. The third kappa shape index (κ3) is 1.90. The molecular weight excluding hydrogens is 194 g/mol. The summed E-state index contributed by atoms with van der Waals surface area (Å²) >= 11 is 0. The van der Waals surface area contributed by atoms with Gasteiger partial charge in [0.05, 0.1) is 12.7 Å². The second-order valence-corrected chi connectivity index (χ2v) is 4.16. The average Bonchev–Trinajstić information content (AvgIpc) is 2.83. The van der Waals surface area contributed by atoms with Crippen LogP contribution >= 0.6 is 0 Å². The summed E-state index contributed by atoms with van der Waals surface area (Å²) in [4.78, 5) is 11.3. The highest BCUT2D eigenvalue weighted by Gasteiger charge is 2.40. The number of nitrogens with zero attached hydrogens (tertiary/aromatic N) is 1. The van der Waals surface area contributed by atoms with Crippen LogP contribution in [0.15, 0.2) is 12.1 Å². The van der Waals surface area contributed by atoms with Gasteiger partial charge < -0.3 is 14.4 Å². The van der Waals surface area contributed by atoms with Crippen molar-refractivity contribution in [3.8, 4) is 0 Å². The third-order valence-corrected chi connectivity index (χ3v) is 2.96. The summed E-state index contributed by atoms with van der Waals surface area (Å²) in [6, 6.07) is 3.59. The third-order valence-electron chi connectivity index (χ3n) is 2.96. The molecule has 4 nitrogen and oxygen atoms in total. The molecule has 2 rings (SSSR count). The van der Waals surface area contributed by atoms with Gasteiger partial charge in [-0.3, -0.25) is 0 Å². The van der Waals surface area contributed by atoms with Gasteiger partial charge in [-0.15, -0.1) is 0 Å². The molecule has 1 aromatic heterocycles. The molecular formula is C11H15NO3. The Hall–Kier alpha value is -1.29. The van der Waals surface area contributed by atoms with Crippen LogP contribution in [0.2, 0.25) is 0 Å². The van der Waals surface area contributed by atoms with Gasteiger partial charge in [-0.2, -0.15) is 0 Å². The molecule has 1 heterocycles. The number of aromatic nitrogens is 1. The molecule has 0 spiro atoms. The summed E-state index contributed by atoms with van der Waals surface area (Å²) < 4.78 is 6.43. The standard InChI is InChI=1S/C11H15NO3/c1-12-8(7-11(14)5-6-11)3-4-9(12)10(13)15-2/h3-4,14H,5-7H2,1-2H3. The van der Waals surface area contributed by atoms with Crippen molar-refractivity contribution in [2.45, 2.75) is 24.9 Å². The minimum Gasteiger partial charge on any atom is -0.464 e. The summed E-state index contributed by atoms with van der Waals surface area (Å²) in [6.07, 6.45) is 2.32. The minimum atomic E-state index is -0.528. The zero-order valence-corrected chi connectivity index (χ0v) is 8.99. The molecule has 15 heavy (non-hydrogen) atoms. The van der Waals surface area contributed by atoms with Gasteiger partial charge in [0.1, 0.15) is 5.69 Å². The Morgan fingerprint density at radius 3 is 2.80 bits per heavy atom. The van der Waals surface area contributed by atoms with Gasteiger partial charge >= 0.3 is 5.97 Å². The van der Waals surface area contributed by atoms with Gasteiger partial charge in [0, 0.05) is 19.2 Å². The van der Waals surface area contributed by atoms with Crippen molar-refractivity contribution in [1.29, 1.82) is 0 Å². The predicted octanol–water partition coefficient (Wildman–Crippen LogP) is 0.879. The molecule has 1 aliphatic carbocycles. The summed E-state index contributed by atoms with van der Waals surface area (Å²) in [5, 5.41) is 9.78. The smallest absolute Gasteiger partial charge is 0.354 e. The Bertz CT molecular complexity index is 391. The van der Waals surface area contributed by atoms with Crippen molar-refractivity contribution in [3.05, 3.63) is 23.5 Å². The monoisotopic (exact) mass is 209 g/mol. The number of ether oxygens (including phenoxy) is 1. The van der Waals surface area contributed by atoms with E-state index in [0.29, 0.717) is 12.1 Å². The molecule has 1 saturated carbocycles. The lowest BCUT2D eigenvalue weighted by Crippen LogP contribution is -2.15. The number of carbonyl (C=O) groups is 1. The van der Waals surface area contributed by atoms with Crippen LogP contribution in [-0.4, -0.2) is 28.4 Å². The fourth-order valence-electron chi connectivity index (χ4n) is 1.70. The average molecular weight is 209 g/mol. The lowest BCUT2D eigenvalue weighted by atomic mass is 10.2. The maximum absolute atomic E-state index is 11.3. The first kappa shape index (κ1) is 10.2. The van der Waals surface area contributed by atoms with Gasteiger partial charge in [0.15, 0.2) is 0 Å². The van der Waals surface area contributed by atoms with Crippen LogP contribution in [0.3, 0.4) is 0 Å². The first-order valence-corrected chi connectivity index (χ1v) is 5.01. The Kier molecular flexibility index (Phi) is 2.31. The second kappa shape index (κ2) is 3.38. The lowest BCUT2D eigenvalue weighted by Gasteiger charge is -2.09. The summed E-state index contributed by atoms with van der Waals surface area (Å²) in [5.41, 5.74) is 0.964. The SMILES string of the molecule is COC(=O)c1ccc(CC2(O)CC2)n1C. The molecule has 0 radical (unpaired) electrons. The molecule has 0 aromatic carbocycles. The van der Waals surface area contributed by atoms with E-state index in [1.807, 2.05) is 13.1 Å². The highest BCUT2D eigenvalue weighted by Crippen LogP contribution is 2.38. The molecule has 1 fully saturated rings. The van der Waals surface area contributed by atoms with E-state index in [4.69, 9.17) is 0 Å². The van der Waals surface area contributed by atoms with Crippen molar-refractivity contribution < 1.29 is 14.6 Å². The largest absolute Gasteiger partial charge is 0.464 e. The van der Waals surface area contributed by atoms with E-state index in [-0.39, 0.29) is 5.97 Å². The zero-order chi connectivity index (χ0) is 11.1. The molecule has 0 saturated heterocycles. The molecule has 4 heteroatoms. The topological polar surface area (TPSA) is 51.5 Å². The number of hydrogen-bond donors (Lipinski definition) is 1. The summed E-state index contributed by atoms with van der Waals surface area (Å²) in [5.74, 6) is -0.341. The number of hydrogen-bond acceptors (Lipinski definition) is 3. The Morgan fingerprint density at radius 2 is 2.27 bits per heavy atom. The van der Waals surface area contributed by atoms with Crippen molar-refractivity contribution in [2.75, 3.05) is 7.11 Å². The maximum atomic E-state index is 11.3. The van der Waals surface area contributed by atoms with E-state index in [2.05, 4.69) is 4.74 Å². The highest BCUT2D eigenvalue weighted by atomic mass is 16.5. The number of methoxy groups -OCH3 is 1. The number of aliphatic hydroxyl groups is 1. The zero-order valence-electron chi connectivity index (χ0n) is 8.99. The van der Waals surface area contributed by atoms with E-state index < -0.39 is 5.60 Å². The van der Waals surface area contributed by atoms with Crippen molar-refractivity contribution in [1.82, 2.24) is 4.57 Å². The molecule has 0 amide bonds. The van der Waals surface area contributed by atoms with Gasteiger partial charge in [-0.05, 0) is 25.0 Å². The van der Waals surface area contributed by atoms with Crippen molar-refractivity contribution in [3.63, 3.8) is 0 Å². The molecule has 1 aromatic rings. The van der Waals surface area contributed by atoms with E-state index in [0.717, 1.165) is 18.5 Å². The molecule has 1 aliphatic rings. The first-order chi connectivity index (χ1) is 7.06. The van der Waals surface area contributed by atoms with Crippen LogP contribution in [0.5, 0.6) is 0 Å². The van der Waals surface area contributed by atoms with E-state index in [1.54, 1.807) is 10.6 Å². The molecule has 1 N–H and O–H groups in total. The fraction of sp³-hybridized carbons (Fsp3) is 0.545. The van der Waals surface area contributed by atoms with E-state index in [9.17, 15) is 9.90 Å². The van der Waals surface area contributed by atoms with Crippen molar-refractivity contribution in [2.24, 2.45) is 7.05 Å². The van der Waals surface area contributed by atoms with Gasteiger partial charge in [-0.25, -0.2) is 4.79 Å². The minimum absolute atomic E-state index is 0.341. The first-order valence-electron chi connectivity index (χ1n) is 5.01. The van der Waals surface area contributed by atoms with Crippen LogP contribution in [0.25, 0.3) is 0 Å². The number of esters is 1. The van der Waals surface area contributed by atoms with E-state index >= 15 is 0 Å². The fourth-order valence-corrected chi connectivity index (χ4v) is 1.70. The Morgan fingerprint density at radius 1 is 1.60 bits per heavy atom. The normalized spacial score (nSPS) is 17.5. The predicted molar refractivity (Wildman–Crippen MR) is 54.6 cm³/mol. The molecule has 0 atom stereocenters. The number of rotatable bonds is 3. The van der Waals surface area contributed by atoms with Crippen LogP contribution in [0.1, 0.15) is 29.0 Å². The van der Waals surface area contributed by atoms with Gasteiger partial charge in [0.2, 0.25) is 0 Å². The molecule has 0 unspecified atom stereocenters. The molecule has 0 aliphatic heterocycles. The van der Waals surface area contributed by atoms with Crippen LogP contribution in [0, 0.1) is 0 Å². The van der Waals surface area contributed by atoms with Crippen molar-refractivity contribution >= 4 is 5.97 Å². The second-order valence-electron chi connectivity index (χ2n) is 4.16. The van der Waals surface area contributed by atoms with Crippen LogP contribution in [-0.2, 0) is 18.2 Å². The van der Waals surface area contributed by atoms with Crippen LogP contribution < -0.4 is 0 Å². The quantitative estimate of drug-likeness (QED) is 0.752. The summed E-state index contributed by atoms with van der Waals surface area (Å²) in [6.45, 7) is 0. The number of carbonyl (C=O) groups excluding carboxylic acids is 1. The van der Waals surface area contributed by atoms with Gasteiger partial charge in [-0.1, -0.05) is 0 Å². The molecule has 0 bridgehead atoms. The van der Waals surface area contributed by atoms with Crippen LogP contribution in [0.4, 0.5) is 0 Å². The Balaban J connectivity index is 2.19. The van der Waals surface area contributed by atoms with Gasteiger partial charge in [0.25, 0.3) is 0 Å². The van der Waals surface area contributed by atoms with E-state index in [1.165, 1.54) is 7.11 Å². The lowest BCUT2D eigenvalue weighted by molar-refractivity contribution is 0.0588.